The number of hydrogen-bond donors (Lipinski definition) is 1. The van der Waals surface area contributed by atoms with Crippen molar-refractivity contribution in [2.75, 3.05) is 31.1 Å². The summed E-state index contributed by atoms with van der Waals surface area (Å²) >= 11 is 0. The fourth-order valence-electron chi connectivity index (χ4n) is 2.83. The third-order valence-corrected chi connectivity index (χ3v) is 3.88. The Morgan fingerprint density at radius 2 is 2.17 bits per heavy atom. The van der Waals surface area contributed by atoms with Gasteiger partial charge in [0.05, 0.1) is 6.04 Å². The Kier molecular flexibility index (Phi) is 2.74. The van der Waals surface area contributed by atoms with Gasteiger partial charge in [0.15, 0.2) is 0 Å². The number of amides is 2. The fraction of sp³-hybridized carbons (Fsp3) is 0.500. The first-order valence-electron chi connectivity index (χ1n) is 6.53. The van der Waals surface area contributed by atoms with Gasteiger partial charge in [-0.3, -0.25) is 4.90 Å². The maximum atomic E-state index is 12.4. The molecular weight excluding hydrogens is 226 g/mol. The second-order valence-electron chi connectivity index (χ2n) is 5.23. The molecule has 2 fully saturated rings. The van der Waals surface area contributed by atoms with Gasteiger partial charge in [-0.15, -0.1) is 0 Å². The van der Waals surface area contributed by atoms with Gasteiger partial charge >= 0.3 is 6.03 Å². The van der Waals surface area contributed by atoms with Crippen LogP contribution in [0.2, 0.25) is 0 Å². The molecule has 1 aromatic rings. The molecule has 1 atom stereocenters. The summed E-state index contributed by atoms with van der Waals surface area (Å²) in [6.45, 7) is 7.58. The van der Waals surface area contributed by atoms with Gasteiger partial charge in [0.2, 0.25) is 0 Å². The molecule has 4 nitrogen and oxygen atoms in total. The summed E-state index contributed by atoms with van der Waals surface area (Å²) in [6, 6.07) is 6.78. The zero-order valence-electron chi connectivity index (χ0n) is 10.9. The lowest BCUT2D eigenvalue weighted by molar-refractivity contribution is 0.193. The van der Waals surface area contributed by atoms with Crippen LogP contribution in [0, 0.1) is 13.8 Å². The average molecular weight is 245 g/mol. The van der Waals surface area contributed by atoms with Crippen molar-refractivity contribution in [2.45, 2.75) is 19.9 Å². The number of urea groups is 1. The van der Waals surface area contributed by atoms with Gasteiger partial charge in [0.1, 0.15) is 0 Å². The topological polar surface area (TPSA) is 35.6 Å². The van der Waals surface area contributed by atoms with Crippen molar-refractivity contribution in [1.29, 1.82) is 0 Å². The summed E-state index contributed by atoms with van der Waals surface area (Å²) in [6.07, 6.45) is 0. The van der Waals surface area contributed by atoms with E-state index >= 15 is 0 Å². The van der Waals surface area contributed by atoms with Crippen LogP contribution in [0.1, 0.15) is 11.1 Å². The fourth-order valence-corrected chi connectivity index (χ4v) is 2.83. The summed E-state index contributed by atoms with van der Waals surface area (Å²) in [5.41, 5.74) is 3.43. The van der Waals surface area contributed by atoms with E-state index in [9.17, 15) is 4.79 Å². The van der Waals surface area contributed by atoms with E-state index < -0.39 is 0 Å². The lowest BCUT2D eigenvalue weighted by Gasteiger charge is -2.28. The maximum Gasteiger partial charge on any atom is 0.324 e. The molecule has 4 heteroatoms. The highest BCUT2D eigenvalue weighted by Gasteiger charge is 2.39. The number of nitrogens with zero attached hydrogens (tertiary/aromatic N) is 2. The summed E-state index contributed by atoms with van der Waals surface area (Å²) in [5.74, 6) is 0. The molecule has 0 radical (unpaired) electrons. The highest BCUT2D eigenvalue weighted by atomic mass is 16.2. The molecule has 2 aliphatic heterocycles. The number of benzene rings is 1. The van der Waals surface area contributed by atoms with E-state index in [1.165, 1.54) is 11.1 Å². The van der Waals surface area contributed by atoms with Crippen molar-refractivity contribution in [3.63, 3.8) is 0 Å². The molecule has 0 saturated carbocycles. The van der Waals surface area contributed by atoms with E-state index in [0.717, 1.165) is 31.9 Å². The Labute approximate surface area is 108 Å². The van der Waals surface area contributed by atoms with Crippen LogP contribution < -0.4 is 10.2 Å². The predicted octanol–water partition coefficient (Wildman–Crippen LogP) is 1.52. The number of hydrogen-bond acceptors (Lipinski definition) is 2. The van der Waals surface area contributed by atoms with E-state index in [2.05, 4.69) is 37.4 Å². The van der Waals surface area contributed by atoms with Crippen LogP contribution in [0.4, 0.5) is 10.5 Å². The summed E-state index contributed by atoms with van der Waals surface area (Å²) in [7, 11) is 0. The monoisotopic (exact) mass is 245 g/mol. The molecule has 2 saturated heterocycles. The standard InChI is InChI=1S/C14H19N3O/c1-10-3-4-11(2)13(7-10)17-9-12-8-15-5-6-16(12)14(17)18/h3-4,7,12,15H,5-6,8-9H2,1-2H3. The molecule has 1 unspecified atom stereocenters. The highest BCUT2D eigenvalue weighted by Crippen LogP contribution is 2.28. The van der Waals surface area contributed by atoms with Gasteiger partial charge in [-0.25, -0.2) is 4.79 Å². The van der Waals surface area contributed by atoms with Crippen molar-refractivity contribution in [3.05, 3.63) is 29.3 Å². The third kappa shape index (κ3) is 1.77. The van der Waals surface area contributed by atoms with Crippen LogP contribution in [0.15, 0.2) is 18.2 Å². The lowest BCUT2D eigenvalue weighted by atomic mass is 10.1. The van der Waals surface area contributed by atoms with Crippen LogP contribution >= 0.6 is 0 Å². The zero-order valence-corrected chi connectivity index (χ0v) is 10.9. The maximum absolute atomic E-state index is 12.4. The molecule has 18 heavy (non-hydrogen) atoms. The van der Waals surface area contributed by atoms with Crippen molar-refractivity contribution in [3.8, 4) is 0 Å². The van der Waals surface area contributed by atoms with Crippen LogP contribution in [-0.2, 0) is 0 Å². The Balaban J connectivity index is 1.93. The summed E-state index contributed by atoms with van der Waals surface area (Å²) in [4.78, 5) is 16.4. The third-order valence-electron chi connectivity index (χ3n) is 3.88. The molecule has 0 aliphatic carbocycles. The normalized spacial score (nSPS) is 23.4. The Morgan fingerprint density at radius 3 is 2.94 bits per heavy atom. The first kappa shape index (κ1) is 11.5. The molecule has 3 rings (SSSR count). The number of anilines is 1. The average Bonchev–Trinajstić information content (AvgIpc) is 2.71. The zero-order chi connectivity index (χ0) is 12.7. The lowest BCUT2D eigenvalue weighted by Crippen LogP contribution is -2.49. The van der Waals surface area contributed by atoms with Crippen LogP contribution in [-0.4, -0.2) is 43.2 Å². The van der Waals surface area contributed by atoms with Crippen molar-refractivity contribution >= 4 is 11.7 Å². The smallest absolute Gasteiger partial charge is 0.317 e. The number of carbonyl (C=O) groups excluding carboxylic acids is 1. The van der Waals surface area contributed by atoms with Gasteiger partial charge in [0.25, 0.3) is 0 Å². The minimum absolute atomic E-state index is 0.162. The van der Waals surface area contributed by atoms with E-state index in [-0.39, 0.29) is 6.03 Å². The van der Waals surface area contributed by atoms with Crippen LogP contribution in [0.25, 0.3) is 0 Å². The number of carbonyl (C=O) groups is 1. The Morgan fingerprint density at radius 1 is 1.33 bits per heavy atom. The molecule has 2 amide bonds. The second kappa shape index (κ2) is 4.28. The number of fused-ring (bicyclic) bond motifs is 1. The molecule has 2 aliphatic rings. The molecule has 0 bridgehead atoms. The Bertz CT molecular complexity index is 486. The predicted molar refractivity (Wildman–Crippen MR) is 72.0 cm³/mol. The summed E-state index contributed by atoms with van der Waals surface area (Å²) < 4.78 is 0. The minimum Gasteiger partial charge on any atom is -0.317 e. The largest absolute Gasteiger partial charge is 0.324 e. The van der Waals surface area contributed by atoms with Crippen molar-refractivity contribution < 1.29 is 4.79 Å². The van der Waals surface area contributed by atoms with E-state index in [4.69, 9.17) is 0 Å². The minimum atomic E-state index is 0.162. The highest BCUT2D eigenvalue weighted by molar-refractivity contribution is 5.95. The van der Waals surface area contributed by atoms with Gasteiger partial charge < -0.3 is 10.2 Å². The first-order chi connectivity index (χ1) is 8.66. The van der Waals surface area contributed by atoms with Crippen molar-refractivity contribution in [1.82, 2.24) is 10.2 Å². The molecule has 1 aromatic carbocycles. The number of nitrogens with one attached hydrogen (secondary N) is 1. The van der Waals surface area contributed by atoms with Gasteiger partial charge in [-0.1, -0.05) is 12.1 Å². The first-order valence-corrected chi connectivity index (χ1v) is 6.53. The molecule has 0 spiro atoms. The number of piperazine rings is 1. The second-order valence-corrected chi connectivity index (χ2v) is 5.23. The summed E-state index contributed by atoms with van der Waals surface area (Å²) in [5, 5.41) is 3.35. The van der Waals surface area contributed by atoms with Gasteiger partial charge in [-0.05, 0) is 31.0 Å². The van der Waals surface area contributed by atoms with Crippen LogP contribution in [0.3, 0.4) is 0 Å². The van der Waals surface area contributed by atoms with Crippen molar-refractivity contribution in [2.24, 2.45) is 0 Å². The van der Waals surface area contributed by atoms with Crippen LogP contribution in [0.5, 0.6) is 0 Å². The molecule has 0 aromatic heterocycles. The van der Waals surface area contributed by atoms with E-state index in [0.29, 0.717) is 6.04 Å². The number of rotatable bonds is 1. The molecule has 1 N–H and O–H groups in total. The van der Waals surface area contributed by atoms with Gasteiger partial charge in [0, 0.05) is 31.9 Å². The Hall–Kier alpha value is -1.55. The quantitative estimate of drug-likeness (QED) is 0.814. The molecule has 96 valence electrons. The molecule has 2 heterocycles. The SMILES string of the molecule is Cc1ccc(C)c(N2CC3CNCCN3C2=O)c1. The molecular formula is C14H19N3O. The number of aryl methyl sites for hydroxylation is 2. The van der Waals surface area contributed by atoms with Gasteiger partial charge in [-0.2, -0.15) is 0 Å². The van der Waals surface area contributed by atoms with E-state index in [1.807, 2.05) is 9.80 Å². The van der Waals surface area contributed by atoms with E-state index in [1.54, 1.807) is 0 Å².